The van der Waals surface area contributed by atoms with Gasteiger partial charge in [-0.2, -0.15) is 4.58 Å². The van der Waals surface area contributed by atoms with Crippen LogP contribution in [0.25, 0.3) is 0 Å². The van der Waals surface area contributed by atoms with Crippen LogP contribution in [0.3, 0.4) is 0 Å². The molecule has 0 saturated heterocycles. The molecule has 0 spiro atoms. The number of carbonyl (C=O) groups excluding carboxylic acids is 8. The lowest BCUT2D eigenvalue weighted by Gasteiger charge is -2.25. The monoisotopic (exact) mass is 1200 g/mol. The normalized spacial score (nSPS) is 16.2. The fourth-order valence-electron chi connectivity index (χ4n) is 10.6. The summed E-state index contributed by atoms with van der Waals surface area (Å²) in [5, 5.41) is 10.8. The second kappa shape index (κ2) is 32.6. The van der Waals surface area contributed by atoms with Crippen LogP contribution in [0, 0.1) is 11.8 Å². The lowest BCUT2D eigenvalue weighted by molar-refractivity contribution is -0.438. The molecule has 0 unspecified atom stereocenters. The third kappa shape index (κ3) is 20.4. The van der Waals surface area contributed by atoms with Crippen molar-refractivity contribution in [1.82, 2.24) is 26.2 Å². The van der Waals surface area contributed by atoms with Crippen molar-refractivity contribution < 1.29 is 68.5 Å². The number of carbonyl (C=O) groups is 8. The van der Waals surface area contributed by atoms with E-state index in [0.717, 1.165) is 52.6 Å². The summed E-state index contributed by atoms with van der Waals surface area (Å²) in [6.45, 7) is 16.0. The van der Waals surface area contributed by atoms with Crippen molar-refractivity contribution in [1.29, 1.82) is 0 Å². The summed E-state index contributed by atoms with van der Waals surface area (Å²) in [4.78, 5) is 103. The number of fused-ring (bicyclic) bond motifs is 2. The second-order valence-corrected chi connectivity index (χ2v) is 24.1. The zero-order valence-corrected chi connectivity index (χ0v) is 50.8. The van der Waals surface area contributed by atoms with Gasteiger partial charge in [0, 0.05) is 111 Å². The largest absolute Gasteiger partial charge is 0.744 e. The Morgan fingerprint density at radius 3 is 2.04 bits per heavy atom. The summed E-state index contributed by atoms with van der Waals surface area (Å²) >= 11 is 0. The molecule has 2 aromatic rings. The van der Waals surface area contributed by atoms with Gasteiger partial charge in [0.1, 0.15) is 16.7 Å². The molecule has 22 nitrogen and oxygen atoms in total. The molecule has 0 bridgehead atoms. The number of nitrogens with two attached hydrogens (primary N) is 1. The summed E-state index contributed by atoms with van der Waals surface area (Å²) in [6, 6.07) is 11.4. The third-order valence-electron chi connectivity index (χ3n) is 15.1. The van der Waals surface area contributed by atoms with E-state index in [1.54, 1.807) is 19.9 Å². The highest BCUT2D eigenvalue weighted by molar-refractivity contribution is 7.85. The number of ketones is 2. The molecular formula is C60H82N8O14S2. The van der Waals surface area contributed by atoms with E-state index in [1.807, 2.05) is 51.1 Å². The Morgan fingerprint density at radius 2 is 1.39 bits per heavy atom. The zero-order chi connectivity index (χ0) is 62.4. The van der Waals surface area contributed by atoms with Gasteiger partial charge in [-0.25, -0.2) is 13.2 Å². The van der Waals surface area contributed by atoms with Crippen LogP contribution in [-0.2, 0) is 65.1 Å². The molecule has 24 heteroatoms. The van der Waals surface area contributed by atoms with E-state index >= 15 is 0 Å². The number of unbranched alkanes of at least 4 members (excludes halogenated alkanes) is 4. The number of primary amides is 1. The van der Waals surface area contributed by atoms with Crippen molar-refractivity contribution in [2.45, 2.75) is 154 Å². The van der Waals surface area contributed by atoms with Crippen LogP contribution in [0.1, 0.15) is 143 Å². The van der Waals surface area contributed by atoms with Gasteiger partial charge >= 0.3 is 16.6 Å². The molecule has 0 aromatic heterocycles. The predicted octanol–water partition coefficient (Wildman–Crippen LogP) is 5.57. The lowest BCUT2D eigenvalue weighted by atomic mass is 9.81. The number of hydrogen-bond acceptors (Lipinski definition) is 15. The lowest BCUT2D eigenvalue weighted by Crippen LogP contribution is -2.46. The van der Waals surface area contributed by atoms with E-state index in [1.165, 1.54) is 29.8 Å². The molecular weight excluding hydrogens is 1120 g/mol. The minimum absolute atomic E-state index is 0.111. The van der Waals surface area contributed by atoms with Crippen molar-refractivity contribution >= 4 is 84.9 Å². The number of rotatable bonds is 33. The van der Waals surface area contributed by atoms with E-state index in [9.17, 15) is 51.3 Å². The molecule has 7 amide bonds. The van der Waals surface area contributed by atoms with Crippen molar-refractivity contribution in [3.8, 4) is 0 Å². The Kier molecular flexibility index (Phi) is 26.8. The number of nitrogens with zero attached hydrogens (tertiary/aromatic N) is 3. The minimum Gasteiger partial charge on any atom is -0.744 e. The number of imide groups is 1. The van der Waals surface area contributed by atoms with Gasteiger partial charge in [-0.05, 0) is 101 Å². The van der Waals surface area contributed by atoms with Crippen molar-refractivity contribution in [3.63, 3.8) is 0 Å². The number of benzene rings is 2. The van der Waals surface area contributed by atoms with Crippen LogP contribution in [0.15, 0.2) is 95.6 Å². The number of Topliss-reactive ketones (excluding diaryl/α,β-unsaturated/α-hetero) is 2. The van der Waals surface area contributed by atoms with Crippen LogP contribution in [0.2, 0.25) is 0 Å². The Hall–Kier alpha value is -7.44. The predicted molar refractivity (Wildman–Crippen MR) is 316 cm³/mol. The third-order valence-corrected chi connectivity index (χ3v) is 15.9. The molecule has 3 aliphatic heterocycles. The fraction of sp³-hybridized carbons (Fsp3) is 0.517. The van der Waals surface area contributed by atoms with Gasteiger partial charge in [0.2, 0.25) is 23.4 Å². The molecule has 5 rings (SSSR count). The quantitative estimate of drug-likeness (QED) is 0.0192. The molecule has 2 aromatic carbocycles. The van der Waals surface area contributed by atoms with Gasteiger partial charge in [-0.3, -0.25) is 38.5 Å². The molecule has 2 atom stereocenters. The highest BCUT2D eigenvalue weighted by Crippen LogP contribution is 2.48. The van der Waals surface area contributed by atoms with E-state index in [2.05, 4.69) is 68.9 Å². The van der Waals surface area contributed by atoms with Crippen molar-refractivity contribution in [3.05, 3.63) is 102 Å². The maximum atomic E-state index is 13.6. The Bertz CT molecular complexity index is 3120. The topological polar surface area (TPSA) is 329 Å². The molecule has 3 aliphatic rings. The maximum Gasteiger partial charge on any atom is 0.425 e. The first-order valence-corrected chi connectivity index (χ1v) is 30.9. The van der Waals surface area contributed by atoms with E-state index in [4.69, 9.17) is 18.4 Å². The minimum atomic E-state index is -4.60. The summed E-state index contributed by atoms with van der Waals surface area (Å²) in [5.41, 5.74) is 10.6. The number of allylic oxidation sites excluding steroid dienone is 6. The van der Waals surface area contributed by atoms with E-state index in [-0.39, 0.29) is 103 Å². The fourth-order valence-corrected chi connectivity index (χ4v) is 11.1. The number of nitrogens with one attached hydrogen (secondary N) is 4. The van der Waals surface area contributed by atoms with Gasteiger partial charge in [0.05, 0.1) is 22.9 Å². The van der Waals surface area contributed by atoms with Crippen LogP contribution >= 0.6 is 0 Å². The molecule has 0 saturated carbocycles. The standard InChI is InChI=1S/C60H82N8O11S.O3S/c1-8-66-48-31-30-44(80(77,78)79)39-46(48)60(6,7)50(66)26-12-9-13-27-51-59(4,5)45-24-16-17-25-47(45)67(51)36-18-10-14-28-52(71)62-34-21-23-43(69)40-64-57(75)42(22-20-35-63-58(61)76)38-49(70)56(41(2)3)65-53(72)29-15-11-19-37-68-54(73)32-33-55(68)74;1-4(2)3/h9,12-13,16-17,24-27,30-33,39,41-42,56H,8,10-11,14-15,18-23,28-29,34-38,40H2,1-7H3,(H6-,61,62,63,64,65,71,72,75,76,77,78,79);/t42-,56+;/m1./s1. The number of hydrogen-bond donors (Lipinski definition) is 5. The number of anilines is 1. The van der Waals surface area contributed by atoms with E-state index < -0.39 is 50.0 Å². The smallest absolute Gasteiger partial charge is 0.425 e. The summed E-state index contributed by atoms with van der Waals surface area (Å²) in [6.07, 6.45) is 17.8. The van der Waals surface area contributed by atoms with Crippen molar-refractivity contribution in [2.75, 3.05) is 44.2 Å². The van der Waals surface area contributed by atoms with Crippen molar-refractivity contribution in [2.24, 2.45) is 17.6 Å². The Labute approximate surface area is 494 Å². The summed E-state index contributed by atoms with van der Waals surface area (Å²) in [5.74, 6) is -3.40. The first-order chi connectivity index (χ1) is 39.6. The number of urea groups is 1. The maximum absolute atomic E-state index is 13.6. The number of likely N-dealkylation sites (N-methyl/N-ethyl adjacent to an activating group) is 1. The van der Waals surface area contributed by atoms with Crippen LogP contribution in [0.4, 0.5) is 16.2 Å². The molecule has 0 radical (unpaired) electrons. The Morgan fingerprint density at radius 1 is 0.750 bits per heavy atom. The van der Waals surface area contributed by atoms with Gasteiger partial charge in [-0.15, -0.1) is 12.6 Å². The number of amides is 7. The highest BCUT2D eigenvalue weighted by atomic mass is 32.2. The first-order valence-electron chi connectivity index (χ1n) is 28.5. The summed E-state index contributed by atoms with van der Waals surface area (Å²) in [7, 11) is -7.71. The van der Waals surface area contributed by atoms with Gasteiger partial charge in [-0.1, -0.05) is 70.5 Å². The Balaban J connectivity index is 0.00000366. The summed E-state index contributed by atoms with van der Waals surface area (Å²) < 4.78 is 63.2. The SMILES string of the molecule is CCN1C(=CC=CC=CC2=[N+](CCCCCC(=O)NCCCC(=O)CNC(=O)[C@H](CCCNC(N)=O)CC(=O)[C@@H](NC(=O)CCCCCN3C(=O)C=CC3=O)C(C)C)c3ccccc3C2(C)C)C(C)(C)c2cc(S(=O)(=O)[O-])ccc21.O=S(=O)=O. The second-order valence-electron chi connectivity index (χ2n) is 22.3. The van der Waals surface area contributed by atoms with Gasteiger partial charge in [0.15, 0.2) is 17.3 Å². The molecule has 0 aliphatic carbocycles. The molecule has 0 fully saturated rings. The molecule has 84 heavy (non-hydrogen) atoms. The van der Waals surface area contributed by atoms with Gasteiger partial charge in [0.25, 0.3) is 11.8 Å². The van der Waals surface area contributed by atoms with E-state index in [0.29, 0.717) is 51.5 Å². The van der Waals surface area contributed by atoms with Crippen LogP contribution in [0.5, 0.6) is 0 Å². The molecule has 458 valence electrons. The van der Waals surface area contributed by atoms with Crippen LogP contribution in [-0.4, -0.2) is 133 Å². The molecule has 6 N–H and O–H groups in total. The van der Waals surface area contributed by atoms with Crippen LogP contribution < -0.4 is 31.9 Å². The number of para-hydroxylation sites is 1. The average Bonchev–Trinajstić information content (AvgIpc) is 1.94. The highest BCUT2D eigenvalue weighted by Gasteiger charge is 2.44. The zero-order valence-electron chi connectivity index (χ0n) is 49.2. The first kappa shape index (κ1) is 69.1. The average molecular weight is 1200 g/mol. The van der Waals surface area contributed by atoms with Gasteiger partial charge < -0.3 is 36.5 Å². The molecule has 3 heterocycles.